The summed E-state index contributed by atoms with van der Waals surface area (Å²) >= 11 is 2.07. The normalized spacial score (nSPS) is 29.1. The number of nitrogens with zero attached hydrogens (tertiary/aromatic N) is 1. The fourth-order valence-corrected chi connectivity index (χ4v) is 7.65. The minimum absolute atomic E-state index is 0.0130. The van der Waals surface area contributed by atoms with E-state index in [1.54, 1.807) is 10.4 Å². The van der Waals surface area contributed by atoms with E-state index in [-0.39, 0.29) is 11.0 Å². The predicted molar refractivity (Wildman–Crippen MR) is 115 cm³/mol. The largest absolute Gasteiger partial charge is 0.375 e. The van der Waals surface area contributed by atoms with Crippen LogP contribution in [-0.2, 0) is 16.6 Å². The van der Waals surface area contributed by atoms with Gasteiger partial charge in [-0.15, -0.1) is 11.3 Å². The highest BCUT2D eigenvalue weighted by Gasteiger charge is 2.50. The zero-order valence-electron chi connectivity index (χ0n) is 16.8. The Kier molecular flexibility index (Phi) is 5.06. The summed E-state index contributed by atoms with van der Waals surface area (Å²) in [5, 5.41) is 0. The van der Waals surface area contributed by atoms with Crippen LogP contribution >= 0.6 is 11.3 Å². The van der Waals surface area contributed by atoms with Crippen LogP contribution < -0.4 is 5.73 Å². The number of hydrogen-bond acceptors (Lipinski definition) is 4. The van der Waals surface area contributed by atoms with Crippen molar-refractivity contribution < 1.29 is 4.74 Å². The Morgan fingerprint density at radius 1 is 1.18 bits per heavy atom. The van der Waals surface area contributed by atoms with E-state index in [2.05, 4.69) is 29.5 Å². The third-order valence-corrected chi connectivity index (χ3v) is 8.97. The first kappa shape index (κ1) is 18.8. The van der Waals surface area contributed by atoms with Gasteiger partial charge >= 0.3 is 0 Å². The van der Waals surface area contributed by atoms with Crippen LogP contribution in [0.3, 0.4) is 0 Å². The molecule has 2 aliphatic carbocycles. The number of aromatic nitrogens is 1. The predicted octanol–water partition coefficient (Wildman–Crippen LogP) is 5.32. The molecule has 3 nitrogen and oxygen atoms in total. The summed E-state index contributed by atoms with van der Waals surface area (Å²) in [4.78, 5) is 8.05. The highest BCUT2D eigenvalue weighted by molar-refractivity contribution is 7.12. The number of ether oxygens (including phenoxy) is 1. The molecule has 1 saturated heterocycles. The first-order valence-corrected chi connectivity index (χ1v) is 12.0. The van der Waals surface area contributed by atoms with E-state index in [4.69, 9.17) is 15.5 Å². The molecular weight excluding hydrogens is 364 g/mol. The molecule has 1 aliphatic heterocycles. The van der Waals surface area contributed by atoms with Crippen molar-refractivity contribution in [3.05, 3.63) is 51.5 Å². The molecule has 2 fully saturated rings. The SMILES string of the molecule is NCCC1CCCc2cc(C3(c4ccccn4)CCOC4(CCCC4)C3)sc21. The van der Waals surface area contributed by atoms with E-state index in [9.17, 15) is 0 Å². The Morgan fingerprint density at radius 3 is 2.86 bits per heavy atom. The van der Waals surface area contributed by atoms with Crippen LogP contribution in [0.25, 0.3) is 0 Å². The zero-order valence-corrected chi connectivity index (χ0v) is 17.6. The third kappa shape index (κ3) is 3.14. The van der Waals surface area contributed by atoms with Crippen molar-refractivity contribution in [3.63, 3.8) is 0 Å². The van der Waals surface area contributed by atoms with Crippen molar-refractivity contribution in [2.45, 2.75) is 81.1 Å². The molecule has 0 bridgehead atoms. The molecule has 0 radical (unpaired) electrons. The lowest BCUT2D eigenvalue weighted by atomic mass is 9.68. The van der Waals surface area contributed by atoms with Crippen LogP contribution in [0.15, 0.2) is 30.5 Å². The van der Waals surface area contributed by atoms with Gasteiger partial charge in [0.15, 0.2) is 0 Å². The average Bonchev–Trinajstić information content (AvgIpc) is 3.37. The molecule has 1 spiro atoms. The second-order valence-corrected chi connectivity index (χ2v) is 10.2. The van der Waals surface area contributed by atoms with Gasteiger partial charge in [0, 0.05) is 22.6 Å². The number of rotatable bonds is 4. The van der Waals surface area contributed by atoms with Gasteiger partial charge in [0.1, 0.15) is 0 Å². The quantitative estimate of drug-likeness (QED) is 0.761. The van der Waals surface area contributed by atoms with Crippen molar-refractivity contribution in [2.75, 3.05) is 13.2 Å². The summed E-state index contributed by atoms with van der Waals surface area (Å²) < 4.78 is 6.45. The minimum Gasteiger partial charge on any atom is -0.375 e. The maximum atomic E-state index is 6.45. The molecule has 150 valence electrons. The average molecular weight is 397 g/mol. The van der Waals surface area contributed by atoms with Crippen molar-refractivity contribution >= 4 is 11.3 Å². The van der Waals surface area contributed by atoms with Gasteiger partial charge in [-0.1, -0.05) is 18.9 Å². The lowest BCUT2D eigenvalue weighted by Gasteiger charge is -2.46. The molecule has 3 aliphatic rings. The van der Waals surface area contributed by atoms with Crippen LogP contribution in [0.2, 0.25) is 0 Å². The fourth-order valence-electron chi connectivity index (χ4n) is 6.04. The van der Waals surface area contributed by atoms with Crippen LogP contribution in [-0.4, -0.2) is 23.7 Å². The standard InChI is InChI=1S/C24H32N2OS/c25-13-9-18-6-5-7-19-16-21(28-22(18)19)24(20-8-1-4-14-26-20)12-15-27-23(17-24)10-2-3-11-23/h1,4,8,14,16,18H,2-3,5-7,9-13,15,17,25H2. The topological polar surface area (TPSA) is 48.1 Å². The van der Waals surface area contributed by atoms with Crippen LogP contribution in [0.4, 0.5) is 0 Å². The monoisotopic (exact) mass is 396 g/mol. The molecule has 5 rings (SSSR count). The Hall–Kier alpha value is -1.23. The van der Waals surface area contributed by atoms with Crippen molar-refractivity contribution in [1.29, 1.82) is 0 Å². The fraction of sp³-hybridized carbons (Fsp3) is 0.625. The zero-order chi connectivity index (χ0) is 19.0. The van der Waals surface area contributed by atoms with Gasteiger partial charge in [0.2, 0.25) is 0 Å². The van der Waals surface area contributed by atoms with Gasteiger partial charge in [-0.05, 0) is 87.6 Å². The van der Waals surface area contributed by atoms with E-state index in [0.717, 1.165) is 32.4 Å². The summed E-state index contributed by atoms with van der Waals surface area (Å²) in [6.07, 6.45) is 14.1. The molecule has 2 unspecified atom stereocenters. The Bertz CT molecular complexity index is 811. The van der Waals surface area contributed by atoms with E-state index in [0.29, 0.717) is 5.92 Å². The van der Waals surface area contributed by atoms with Crippen molar-refractivity contribution in [2.24, 2.45) is 5.73 Å². The summed E-state index contributed by atoms with van der Waals surface area (Å²) in [5.41, 5.74) is 8.86. The highest BCUT2D eigenvalue weighted by Crippen LogP contribution is 2.54. The molecule has 28 heavy (non-hydrogen) atoms. The van der Waals surface area contributed by atoms with Crippen molar-refractivity contribution in [3.8, 4) is 0 Å². The smallest absolute Gasteiger partial charge is 0.0695 e. The maximum Gasteiger partial charge on any atom is 0.0695 e. The summed E-state index contributed by atoms with van der Waals surface area (Å²) in [7, 11) is 0. The summed E-state index contributed by atoms with van der Waals surface area (Å²) in [6.45, 7) is 1.64. The molecule has 2 aromatic heterocycles. The second-order valence-electron chi connectivity index (χ2n) is 9.13. The molecule has 3 heterocycles. The van der Waals surface area contributed by atoms with Crippen LogP contribution in [0, 0.1) is 0 Å². The van der Waals surface area contributed by atoms with Crippen LogP contribution in [0.5, 0.6) is 0 Å². The second kappa shape index (κ2) is 7.55. The van der Waals surface area contributed by atoms with E-state index >= 15 is 0 Å². The van der Waals surface area contributed by atoms with Gasteiger partial charge in [-0.2, -0.15) is 0 Å². The minimum atomic E-state index is 0.0130. The lowest BCUT2D eigenvalue weighted by Crippen LogP contribution is -2.46. The Morgan fingerprint density at radius 2 is 2.07 bits per heavy atom. The first-order chi connectivity index (χ1) is 13.7. The molecule has 0 aromatic carbocycles. The van der Waals surface area contributed by atoms with Crippen LogP contribution in [0.1, 0.15) is 84.7 Å². The number of pyridine rings is 1. The molecular formula is C24H32N2OS. The van der Waals surface area contributed by atoms with Crippen molar-refractivity contribution in [1.82, 2.24) is 4.98 Å². The Labute approximate surface area is 172 Å². The van der Waals surface area contributed by atoms with Gasteiger partial charge in [-0.3, -0.25) is 4.98 Å². The number of fused-ring (bicyclic) bond motifs is 1. The van der Waals surface area contributed by atoms with Gasteiger partial charge in [0.05, 0.1) is 16.7 Å². The number of hydrogen-bond donors (Lipinski definition) is 1. The number of thiophene rings is 1. The van der Waals surface area contributed by atoms with E-state index < -0.39 is 0 Å². The lowest BCUT2D eigenvalue weighted by molar-refractivity contribution is -0.0946. The van der Waals surface area contributed by atoms with Gasteiger partial charge < -0.3 is 10.5 Å². The molecule has 2 aromatic rings. The van der Waals surface area contributed by atoms with E-state index in [1.807, 2.05) is 12.3 Å². The summed E-state index contributed by atoms with van der Waals surface area (Å²) in [5.74, 6) is 0.661. The maximum absolute atomic E-state index is 6.45. The molecule has 2 atom stereocenters. The van der Waals surface area contributed by atoms with E-state index in [1.165, 1.54) is 55.5 Å². The van der Waals surface area contributed by atoms with Gasteiger partial charge in [-0.25, -0.2) is 0 Å². The highest BCUT2D eigenvalue weighted by atomic mass is 32.1. The third-order valence-electron chi connectivity index (χ3n) is 7.43. The Balaban J connectivity index is 1.60. The summed E-state index contributed by atoms with van der Waals surface area (Å²) in [6, 6.07) is 9.00. The molecule has 0 amide bonds. The molecule has 2 N–H and O–H groups in total. The van der Waals surface area contributed by atoms with Gasteiger partial charge in [0.25, 0.3) is 0 Å². The number of aryl methyl sites for hydroxylation is 1. The molecule has 4 heteroatoms. The first-order valence-electron chi connectivity index (χ1n) is 11.1. The molecule has 1 saturated carbocycles. The number of nitrogens with two attached hydrogens (primary N) is 1.